The largest absolute Gasteiger partial charge is 0.363 e. The molecule has 1 heterocycles. The molecule has 14 heavy (non-hydrogen) atoms. The van der Waals surface area contributed by atoms with Gasteiger partial charge >= 0.3 is 5.69 Å². The number of anilines is 1. The van der Waals surface area contributed by atoms with Gasteiger partial charge in [-0.2, -0.15) is 0 Å². The Balaban J connectivity index is 2.51. The van der Waals surface area contributed by atoms with Crippen molar-refractivity contribution in [2.24, 2.45) is 0 Å². The van der Waals surface area contributed by atoms with Crippen LogP contribution in [0.15, 0.2) is 9.59 Å². The van der Waals surface area contributed by atoms with E-state index in [-0.39, 0.29) is 5.82 Å². The Hall–Kier alpha value is -1.63. The third-order valence-corrected chi connectivity index (χ3v) is 1.56. The van der Waals surface area contributed by atoms with E-state index >= 15 is 0 Å². The number of rotatable bonds is 5. The van der Waals surface area contributed by atoms with Gasteiger partial charge in [-0.05, 0) is 6.54 Å². The van der Waals surface area contributed by atoms with Gasteiger partial charge in [0.2, 0.25) is 5.82 Å². The molecular weight excluding hydrogens is 186 g/mol. The van der Waals surface area contributed by atoms with Gasteiger partial charge in [-0.1, -0.05) is 6.92 Å². The van der Waals surface area contributed by atoms with Gasteiger partial charge in [-0.25, -0.2) is 9.89 Å². The average Bonchev–Trinajstić information content (AvgIpc) is 2.15. The summed E-state index contributed by atoms with van der Waals surface area (Å²) >= 11 is 0. The lowest BCUT2D eigenvalue weighted by Crippen LogP contribution is -2.29. The zero-order valence-electron chi connectivity index (χ0n) is 7.89. The Labute approximate surface area is 79.9 Å². The molecule has 0 aliphatic carbocycles. The van der Waals surface area contributed by atoms with Gasteiger partial charge in [0.25, 0.3) is 5.56 Å². The summed E-state index contributed by atoms with van der Waals surface area (Å²) in [5.74, 6) is 0.127. The number of H-pyrrole nitrogens is 2. The first kappa shape index (κ1) is 10.5. The standard InChI is InChI=1S/C7H13N5O2/c1-2-8-3-4-9-5-6(13)10-7(14)12-11-5/h8H,2-4H2,1H3,(H,9,11)(H2,10,12,13,14). The molecule has 4 N–H and O–H groups in total. The van der Waals surface area contributed by atoms with Crippen LogP contribution in [0, 0.1) is 0 Å². The molecule has 0 fully saturated rings. The van der Waals surface area contributed by atoms with Crippen molar-refractivity contribution in [1.29, 1.82) is 0 Å². The summed E-state index contributed by atoms with van der Waals surface area (Å²) in [4.78, 5) is 23.8. The lowest BCUT2D eigenvalue weighted by molar-refractivity contribution is 0.734. The Kier molecular flexibility index (Phi) is 3.86. The summed E-state index contributed by atoms with van der Waals surface area (Å²) in [6.45, 7) is 4.18. The first-order valence-corrected chi connectivity index (χ1v) is 4.37. The summed E-state index contributed by atoms with van der Waals surface area (Å²) in [6, 6.07) is 0. The van der Waals surface area contributed by atoms with E-state index in [4.69, 9.17) is 0 Å². The quantitative estimate of drug-likeness (QED) is 0.431. The van der Waals surface area contributed by atoms with E-state index in [1.165, 1.54) is 0 Å². The highest BCUT2D eigenvalue weighted by Crippen LogP contribution is 1.83. The van der Waals surface area contributed by atoms with Gasteiger partial charge in [0.05, 0.1) is 0 Å². The smallest absolute Gasteiger partial charge is 0.342 e. The summed E-state index contributed by atoms with van der Waals surface area (Å²) in [6.07, 6.45) is 0. The van der Waals surface area contributed by atoms with Crippen molar-refractivity contribution in [3.05, 3.63) is 20.8 Å². The minimum absolute atomic E-state index is 0.127. The minimum atomic E-state index is -0.604. The molecule has 1 aromatic rings. The maximum atomic E-state index is 11.1. The summed E-state index contributed by atoms with van der Waals surface area (Å²) in [5, 5.41) is 11.6. The van der Waals surface area contributed by atoms with E-state index in [0.717, 1.165) is 13.1 Å². The molecule has 0 radical (unpaired) electrons. The second-order valence-corrected chi connectivity index (χ2v) is 2.64. The van der Waals surface area contributed by atoms with Gasteiger partial charge in [-0.3, -0.25) is 9.78 Å². The number of hydrogen-bond acceptors (Lipinski definition) is 5. The number of nitrogens with zero attached hydrogens (tertiary/aromatic N) is 1. The van der Waals surface area contributed by atoms with Crippen LogP contribution in [0.3, 0.4) is 0 Å². The van der Waals surface area contributed by atoms with Gasteiger partial charge in [-0.15, -0.1) is 5.10 Å². The lowest BCUT2D eigenvalue weighted by Gasteiger charge is -2.03. The molecule has 7 nitrogen and oxygen atoms in total. The van der Waals surface area contributed by atoms with Crippen LogP contribution >= 0.6 is 0 Å². The topological polar surface area (TPSA) is 103 Å². The third-order valence-electron chi connectivity index (χ3n) is 1.56. The highest BCUT2D eigenvalue weighted by Gasteiger charge is 1.99. The molecule has 78 valence electrons. The third kappa shape index (κ3) is 3.02. The van der Waals surface area contributed by atoms with Gasteiger partial charge in [0, 0.05) is 13.1 Å². The van der Waals surface area contributed by atoms with Crippen LogP contribution in [0.5, 0.6) is 0 Å². The Morgan fingerprint density at radius 3 is 2.79 bits per heavy atom. The van der Waals surface area contributed by atoms with Crippen molar-refractivity contribution < 1.29 is 0 Å². The minimum Gasteiger partial charge on any atom is -0.363 e. The van der Waals surface area contributed by atoms with Crippen LogP contribution in [-0.4, -0.2) is 34.8 Å². The van der Waals surface area contributed by atoms with Crippen LogP contribution in [-0.2, 0) is 0 Å². The number of aromatic nitrogens is 3. The fraction of sp³-hybridized carbons (Fsp3) is 0.571. The van der Waals surface area contributed by atoms with Crippen LogP contribution in [0.1, 0.15) is 6.92 Å². The number of aromatic amines is 2. The van der Waals surface area contributed by atoms with Gasteiger partial charge < -0.3 is 10.6 Å². The van der Waals surface area contributed by atoms with Crippen LogP contribution in [0.2, 0.25) is 0 Å². The Morgan fingerprint density at radius 1 is 1.36 bits per heavy atom. The molecule has 0 amide bonds. The molecule has 0 aliphatic rings. The van der Waals surface area contributed by atoms with Crippen LogP contribution in [0.25, 0.3) is 0 Å². The van der Waals surface area contributed by atoms with E-state index in [1.54, 1.807) is 0 Å². The molecule has 0 unspecified atom stereocenters. The van der Waals surface area contributed by atoms with Crippen molar-refractivity contribution in [3.8, 4) is 0 Å². The van der Waals surface area contributed by atoms with Crippen molar-refractivity contribution in [2.75, 3.05) is 25.0 Å². The predicted octanol–water partition coefficient (Wildman–Crippen LogP) is -1.52. The fourth-order valence-corrected chi connectivity index (χ4v) is 0.914. The van der Waals surface area contributed by atoms with E-state index in [9.17, 15) is 9.59 Å². The second kappa shape index (κ2) is 5.18. The van der Waals surface area contributed by atoms with Crippen LogP contribution < -0.4 is 21.9 Å². The highest BCUT2D eigenvalue weighted by atomic mass is 16.2. The molecule has 0 bridgehead atoms. The zero-order valence-corrected chi connectivity index (χ0v) is 7.89. The van der Waals surface area contributed by atoms with E-state index in [1.807, 2.05) is 6.92 Å². The Bertz CT molecular complexity index is 382. The maximum Gasteiger partial charge on any atom is 0.342 e. The Morgan fingerprint density at radius 2 is 2.14 bits per heavy atom. The monoisotopic (exact) mass is 199 g/mol. The molecule has 7 heteroatoms. The van der Waals surface area contributed by atoms with Crippen molar-refractivity contribution in [1.82, 2.24) is 20.5 Å². The molecule has 0 atom stereocenters. The van der Waals surface area contributed by atoms with E-state index in [2.05, 4.69) is 25.8 Å². The molecule has 0 saturated heterocycles. The van der Waals surface area contributed by atoms with Gasteiger partial charge in [0.1, 0.15) is 0 Å². The van der Waals surface area contributed by atoms with Crippen molar-refractivity contribution in [3.63, 3.8) is 0 Å². The number of nitrogens with one attached hydrogen (secondary N) is 4. The number of likely N-dealkylation sites (N-methyl/N-ethyl adjacent to an activating group) is 1. The second-order valence-electron chi connectivity index (χ2n) is 2.64. The van der Waals surface area contributed by atoms with Crippen molar-refractivity contribution >= 4 is 5.82 Å². The summed E-state index contributed by atoms with van der Waals surface area (Å²) in [5.41, 5.74) is -1.11. The molecule has 0 spiro atoms. The first-order chi connectivity index (χ1) is 6.74. The van der Waals surface area contributed by atoms with Gasteiger partial charge in [0.15, 0.2) is 0 Å². The number of hydrogen-bond donors (Lipinski definition) is 4. The molecule has 0 saturated carbocycles. The zero-order chi connectivity index (χ0) is 10.4. The van der Waals surface area contributed by atoms with Crippen molar-refractivity contribution in [2.45, 2.75) is 6.92 Å². The lowest BCUT2D eigenvalue weighted by atomic mass is 10.5. The normalized spacial score (nSPS) is 10.1. The predicted molar refractivity (Wildman–Crippen MR) is 52.5 cm³/mol. The fourth-order valence-electron chi connectivity index (χ4n) is 0.914. The first-order valence-electron chi connectivity index (χ1n) is 4.37. The highest BCUT2D eigenvalue weighted by molar-refractivity contribution is 5.28. The maximum absolute atomic E-state index is 11.1. The summed E-state index contributed by atoms with van der Waals surface area (Å²) in [7, 11) is 0. The molecule has 1 rings (SSSR count). The molecule has 0 aromatic carbocycles. The summed E-state index contributed by atoms with van der Waals surface area (Å²) < 4.78 is 0. The molecule has 1 aromatic heterocycles. The van der Waals surface area contributed by atoms with E-state index in [0.29, 0.717) is 6.54 Å². The van der Waals surface area contributed by atoms with Crippen LogP contribution in [0.4, 0.5) is 5.82 Å². The average molecular weight is 199 g/mol. The molecular formula is C7H13N5O2. The SMILES string of the molecule is CCNCCNc1n[nH]c(=O)[nH]c1=O. The van der Waals surface area contributed by atoms with E-state index < -0.39 is 11.2 Å². The molecule has 0 aliphatic heterocycles.